The standard InChI is InChI=1S/C23H15N/c24-18-23(21-14-8-3-9-15-21)22(20-12-6-2-7-13-20)17-16-19-10-4-1-5-11-19/h1-15H/b23-22+/i16+1. The van der Waals surface area contributed by atoms with Crippen LogP contribution in [0.25, 0.3) is 11.1 Å². The van der Waals surface area contributed by atoms with E-state index in [0.717, 1.165) is 22.3 Å². The monoisotopic (exact) mass is 306 g/mol. The van der Waals surface area contributed by atoms with Crippen LogP contribution >= 0.6 is 0 Å². The van der Waals surface area contributed by atoms with Crippen molar-refractivity contribution in [1.29, 1.82) is 5.26 Å². The molecule has 0 unspecified atom stereocenters. The van der Waals surface area contributed by atoms with E-state index in [0.29, 0.717) is 5.57 Å². The summed E-state index contributed by atoms with van der Waals surface area (Å²) in [4.78, 5) is 0. The van der Waals surface area contributed by atoms with Gasteiger partial charge in [0.2, 0.25) is 0 Å². The summed E-state index contributed by atoms with van der Waals surface area (Å²) in [6, 6.07) is 31.6. The quantitative estimate of drug-likeness (QED) is 0.277. The molecule has 3 rings (SSSR count). The van der Waals surface area contributed by atoms with Gasteiger partial charge in [0.15, 0.2) is 0 Å². The third-order valence-corrected chi connectivity index (χ3v) is 3.59. The molecule has 0 saturated heterocycles. The van der Waals surface area contributed by atoms with E-state index in [1.54, 1.807) is 0 Å². The maximum Gasteiger partial charge on any atom is 0.101 e. The van der Waals surface area contributed by atoms with E-state index in [4.69, 9.17) is 0 Å². The third-order valence-electron chi connectivity index (χ3n) is 3.59. The Hall–Kier alpha value is -3.55. The molecule has 112 valence electrons. The van der Waals surface area contributed by atoms with Crippen LogP contribution in [-0.4, -0.2) is 0 Å². The fraction of sp³-hybridized carbons (Fsp3) is 0. The van der Waals surface area contributed by atoms with E-state index < -0.39 is 0 Å². The summed E-state index contributed by atoms with van der Waals surface area (Å²) in [6.45, 7) is 0. The first kappa shape index (κ1) is 15.3. The minimum Gasteiger partial charge on any atom is -0.192 e. The van der Waals surface area contributed by atoms with Gasteiger partial charge in [-0.25, -0.2) is 0 Å². The summed E-state index contributed by atoms with van der Waals surface area (Å²) in [5.74, 6) is 6.38. The van der Waals surface area contributed by atoms with Gasteiger partial charge in [-0.05, 0) is 23.3 Å². The Morgan fingerprint density at radius 1 is 0.583 bits per heavy atom. The van der Waals surface area contributed by atoms with Crippen molar-refractivity contribution in [3.63, 3.8) is 0 Å². The van der Waals surface area contributed by atoms with Crippen LogP contribution in [0.4, 0.5) is 0 Å². The molecule has 0 heterocycles. The Morgan fingerprint density at radius 3 is 1.54 bits per heavy atom. The molecular weight excluding hydrogens is 291 g/mol. The van der Waals surface area contributed by atoms with Crippen LogP contribution in [-0.2, 0) is 0 Å². The number of hydrogen-bond acceptors (Lipinski definition) is 1. The fourth-order valence-electron chi connectivity index (χ4n) is 2.41. The van der Waals surface area contributed by atoms with Crippen LogP contribution in [0.15, 0.2) is 91.0 Å². The molecule has 0 aliphatic heterocycles. The van der Waals surface area contributed by atoms with Crippen molar-refractivity contribution in [1.82, 2.24) is 0 Å². The molecule has 0 spiro atoms. The first-order valence-corrected chi connectivity index (χ1v) is 7.71. The predicted octanol–water partition coefficient (Wildman–Crippen LogP) is 5.17. The lowest BCUT2D eigenvalue weighted by Gasteiger charge is -2.05. The van der Waals surface area contributed by atoms with E-state index in [-0.39, 0.29) is 0 Å². The molecule has 0 atom stereocenters. The number of allylic oxidation sites excluding steroid dienone is 2. The van der Waals surface area contributed by atoms with Crippen molar-refractivity contribution in [2.24, 2.45) is 0 Å². The lowest BCUT2D eigenvalue weighted by atomic mass is 9.96. The summed E-state index contributed by atoms with van der Waals surface area (Å²) in [5.41, 5.74) is 4.08. The second-order valence-corrected chi connectivity index (χ2v) is 5.21. The van der Waals surface area contributed by atoms with Crippen molar-refractivity contribution in [3.05, 3.63) is 108 Å². The largest absolute Gasteiger partial charge is 0.192 e. The van der Waals surface area contributed by atoms with Crippen LogP contribution in [0.1, 0.15) is 16.7 Å². The summed E-state index contributed by atoms with van der Waals surface area (Å²) >= 11 is 0. The van der Waals surface area contributed by atoms with Gasteiger partial charge in [0.1, 0.15) is 6.07 Å². The molecule has 0 bridgehead atoms. The number of rotatable bonds is 2. The second-order valence-electron chi connectivity index (χ2n) is 5.21. The summed E-state index contributed by atoms with van der Waals surface area (Å²) in [6.07, 6.45) is 0. The van der Waals surface area contributed by atoms with Gasteiger partial charge in [-0.2, -0.15) is 5.26 Å². The molecular formula is C23H15N. The lowest BCUT2D eigenvalue weighted by Crippen LogP contribution is -1.89. The van der Waals surface area contributed by atoms with E-state index in [9.17, 15) is 5.26 Å². The Kier molecular flexibility index (Phi) is 4.88. The zero-order valence-corrected chi connectivity index (χ0v) is 13.1. The highest BCUT2D eigenvalue weighted by atomic mass is 14.3. The van der Waals surface area contributed by atoms with Crippen LogP contribution in [0.3, 0.4) is 0 Å². The summed E-state index contributed by atoms with van der Waals surface area (Å²) in [7, 11) is 0. The van der Waals surface area contributed by atoms with Crippen molar-refractivity contribution in [2.75, 3.05) is 0 Å². The van der Waals surface area contributed by atoms with Gasteiger partial charge in [0.25, 0.3) is 0 Å². The number of hydrogen-bond donors (Lipinski definition) is 0. The Balaban J connectivity index is 2.18. The smallest absolute Gasteiger partial charge is 0.101 e. The van der Waals surface area contributed by atoms with Gasteiger partial charge in [-0.15, -0.1) is 0 Å². The zero-order chi connectivity index (χ0) is 16.6. The molecule has 3 aromatic carbocycles. The van der Waals surface area contributed by atoms with Gasteiger partial charge in [0, 0.05) is 5.56 Å². The average Bonchev–Trinajstić information content (AvgIpc) is 2.67. The normalized spacial score (nSPS) is 10.8. The van der Waals surface area contributed by atoms with Crippen LogP contribution < -0.4 is 0 Å². The first-order valence-electron chi connectivity index (χ1n) is 7.71. The third kappa shape index (κ3) is 3.61. The minimum atomic E-state index is 0.588. The van der Waals surface area contributed by atoms with Crippen LogP contribution in [0.2, 0.25) is 0 Å². The zero-order valence-electron chi connectivity index (χ0n) is 13.1. The second kappa shape index (κ2) is 7.63. The van der Waals surface area contributed by atoms with Crippen molar-refractivity contribution in [2.45, 2.75) is 0 Å². The van der Waals surface area contributed by atoms with Crippen molar-refractivity contribution in [3.8, 4) is 17.9 Å². The van der Waals surface area contributed by atoms with Gasteiger partial charge >= 0.3 is 0 Å². The highest BCUT2D eigenvalue weighted by Crippen LogP contribution is 2.25. The molecule has 0 aromatic heterocycles. The Labute approximate surface area is 142 Å². The van der Waals surface area contributed by atoms with Gasteiger partial charge in [-0.3, -0.25) is 0 Å². The summed E-state index contributed by atoms with van der Waals surface area (Å²) < 4.78 is 0. The molecule has 0 aliphatic rings. The molecule has 0 radical (unpaired) electrons. The van der Waals surface area contributed by atoms with Gasteiger partial charge < -0.3 is 0 Å². The van der Waals surface area contributed by atoms with E-state index in [1.807, 2.05) is 91.0 Å². The fourth-order valence-corrected chi connectivity index (χ4v) is 2.41. The molecule has 3 aromatic rings. The van der Waals surface area contributed by atoms with E-state index in [2.05, 4.69) is 17.9 Å². The minimum absolute atomic E-state index is 0.588. The number of nitriles is 1. The summed E-state index contributed by atoms with van der Waals surface area (Å²) in [5, 5.41) is 9.73. The molecule has 1 heteroatoms. The van der Waals surface area contributed by atoms with E-state index >= 15 is 0 Å². The number of nitrogens with zero attached hydrogens (tertiary/aromatic N) is 1. The topological polar surface area (TPSA) is 23.8 Å². The van der Waals surface area contributed by atoms with E-state index in [1.165, 1.54) is 0 Å². The number of benzene rings is 3. The molecule has 24 heavy (non-hydrogen) atoms. The molecule has 0 N–H and O–H groups in total. The average molecular weight is 306 g/mol. The van der Waals surface area contributed by atoms with Crippen LogP contribution in [0, 0.1) is 23.2 Å². The highest BCUT2D eigenvalue weighted by Gasteiger charge is 2.09. The van der Waals surface area contributed by atoms with Gasteiger partial charge in [-0.1, -0.05) is 90.7 Å². The van der Waals surface area contributed by atoms with Gasteiger partial charge in [0.05, 0.1) is 11.1 Å². The SMILES string of the molecule is N#C/C(=C(/C#[13C]c1ccccc1)c1ccccc1)c1ccccc1. The first-order chi connectivity index (χ1) is 11.9. The van der Waals surface area contributed by atoms with Crippen LogP contribution in [0.5, 0.6) is 0 Å². The maximum absolute atomic E-state index is 9.73. The maximum atomic E-state index is 9.73. The van der Waals surface area contributed by atoms with Crippen molar-refractivity contribution >= 4 is 11.1 Å². The molecule has 0 amide bonds. The lowest BCUT2D eigenvalue weighted by molar-refractivity contribution is 1.52. The molecule has 0 saturated carbocycles. The Bertz CT molecular complexity index is 935. The molecule has 0 aliphatic carbocycles. The highest BCUT2D eigenvalue weighted by molar-refractivity contribution is 6.03. The Morgan fingerprint density at radius 2 is 1.04 bits per heavy atom. The van der Waals surface area contributed by atoms with Crippen molar-refractivity contribution < 1.29 is 0 Å². The predicted molar refractivity (Wildman–Crippen MR) is 98.6 cm³/mol. The molecule has 0 fully saturated rings. The molecule has 1 nitrogen and oxygen atoms in total.